The molecule has 2 heteroatoms. The minimum atomic E-state index is 0.266. The molecular weight excluding hydrogens is 218 g/mol. The van der Waals surface area contributed by atoms with Gasteiger partial charge in [-0.15, -0.1) is 0 Å². The van der Waals surface area contributed by atoms with E-state index in [-0.39, 0.29) is 6.04 Å². The molecule has 0 radical (unpaired) electrons. The molecular formula is C14H22ClN. The summed E-state index contributed by atoms with van der Waals surface area (Å²) in [5.41, 5.74) is 7.42. The number of hydrogen-bond donors (Lipinski definition) is 1. The second-order valence-electron chi connectivity index (χ2n) is 4.72. The van der Waals surface area contributed by atoms with Crippen LogP contribution in [0, 0.1) is 5.92 Å². The van der Waals surface area contributed by atoms with Crippen LogP contribution in [0.5, 0.6) is 0 Å². The van der Waals surface area contributed by atoms with Crippen molar-refractivity contribution in [3.05, 3.63) is 34.9 Å². The molecule has 0 saturated carbocycles. The van der Waals surface area contributed by atoms with Crippen LogP contribution in [0.15, 0.2) is 24.3 Å². The molecule has 0 spiro atoms. The lowest BCUT2D eigenvalue weighted by Gasteiger charge is -2.16. The van der Waals surface area contributed by atoms with Crippen molar-refractivity contribution in [3.63, 3.8) is 0 Å². The zero-order valence-corrected chi connectivity index (χ0v) is 11.0. The van der Waals surface area contributed by atoms with Crippen molar-refractivity contribution in [1.82, 2.24) is 0 Å². The maximum absolute atomic E-state index is 6.14. The number of benzene rings is 1. The molecule has 2 atom stereocenters. The fourth-order valence-corrected chi connectivity index (χ4v) is 2.26. The smallest absolute Gasteiger partial charge is 0.0406 e. The van der Waals surface area contributed by atoms with Crippen LogP contribution in [0.4, 0.5) is 0 Å². The Morgan fingerprint density at radius 2 is 1.88 bits per heavy atom. The Morgan fingerprint density at radius 3 is 2.44 bits per heavy atom. The summed E-state index contributed by atoms with van der Waals surface area (Å²) in [5.74, 6) is 0.729. The van der Waals surface area contributed by atoms with Crippen molar-refractivity contribution >= 4 is 11.6 Å². The van der Waals surface area contributed by atoms with Gasteiger partial charge in [0.05, 0.1) is 0 Å². The number of rotatable bonds is 6. The number of nitrogens with two attached hydrogens (primary N) is 1. The number of halogens is 1. The Bertz CT molecular complexity index is 294. The van der Waals surface area contributed by atoms with E-state index in [1.807, 2.05) is 12.1 Å². The molecule has 1 nitrogen and oxygen atoms in total. The molecule has 1 rings (SSSR count). The lowest BCUT2D eigenvalue weighted by molar-refractivity contribution is 0.431. The third-order valence-electron chi connectivity index (χ3n) is 2.90. The molecule has 0 aliphatic carbocycles. The first-order chi connectivity index (χ1) is 7.61. The molecule has 1 aromatic carbocycles. The monoisotopic (exact) mass is 239 g/mol. The fourth-order valence-electron chi connectivity index (χ4n) is 2.13. The molecule has 1 aromatic rings. The minimum Gasteiger partial charge on any atom is -0.327 e. The van der Waals surface area contributed by atoms with Gasteiger partial charge in [-0.2, -0.15) is 0 Å². The average molecular weight is 240 g/mol. The van der Waals surface area contributed by atoms with Gasteiger partial charge in [-0.05, 0) is 36.5 Å². The predicted octanol–water partition coefficient (Wildman–Crippen LogP) is 4.04. The quantitative estimate of drug-likeness (QED) is 0.797. The third kappa shape index (κ3) is 5.00. The van der Waals surface area contributed by atoms with E-state index in [0.29, 0.717) is 0 Å². The Balaban J connectivity index is 2.39. The molecule has 16 heavy (non-hydrogen) atoms. The van der Waals surface area contributed by atoms with Gasteiger partial charge in [-0.25, -0.2) is 0 Å². The predicted molar refractivity (Wildman–Crippen MR) is 71.8 cm³/mol. The zero-order chi connectivity index (χ0) is 12.0. The zero-order valence-electron chi connectivity index (χ0n) is 10.2. The van der Waals surface area contributed by atoms with E-state index in [1.165, 1.54) is 18.4 Å². The van der Waals surface area contributed by atoms with Crippen LogP contribution in [-0.4, -0.2) is 6.04 Å². The minimum absolute atomic E-state index is 0.266. The first-order valence-corrected chi connectivity index (χ1v) is 6.49. The summed E-state index contributed by atoms with van der Waals surface area (Å²) in [6, 6.07) is 8.25. The summed E-state index contributed by atoms with van der Waals surface area (Å²) in [5, 5.41) is 0.789. The second kappa shape index (κ2) is 6.93. The van der Waals surface area contributed by atoms with Crippen LogP contribution in [-0.2, 0) is 6.42 Å². The molecule has 0 aliphatic rings. The fraction of sp³-hybridized carbons (Fsp3) is 0.571. The molecule has 0 aliphatic heterocycles. The molecule has 2 unspecified atom stereocenters. The standard InChI is InChI=1S/C14H22ClN/c1-3-4-11(2)9-14(16)10-12-5-7-13(15)8-6-12/h5-8,11,14H,3-4,9-10,16H2,1-2H3. The van der Waals surface area contributed by atoms with Gasteiger partial charge in [-0.1, -0.05) is 50.4 Å². The maximum atomic E-state index is 6.14. The SMILES string of the molecule is CCCC(C)CC(N)Cc1ccc(Cl)cc1. The van der Waals surface area contributed by atoms with E-state index in [4.69, 9.17) is 17.3 Å². The van der Waals surface area contributed by atoms with Crippen LogP contribution in [0.25, 0.3) is 0 Å². The van der Waals surface area contributed by atoms with Gasteiger partial charge in [0.15, 0.2) is 0 Å². The highest BCUT2D eigenvalue weighted by Gasteiger charge is 2.09. The summed E-state index contributed by atoms with van der Waals surface area (Å²) in [4.78, 5) is 0. The highest BCUT2D eigenvalue weighted by molar-refractivity contribution is 6.30. The van der Waals surface area contributed by atoms with Crippen LogP contribution in [0.2, 0.25) is 5.02 Å². The van der Waals surface area contributed by atoms with Gasteiger partial charge in [0.25, 0.3) is 0 Å². The van der Waals surface area contributed by atoms with Crippen molar-refractivity contribution in [2.45, 2.75) is 45.6 Å². The van der Waals surface area contributed by atoms with E-state index in [0.717, 1.165) is 23.8 Å². The topological polar surface area (TPSA) is 26.0 Å². The number of hydrogen-bond acceptors (Lipinski definition) is 1. The van der Waals surface area contributed by atoms with Crippen LogP contribution < -0.4 is 5.73 Å². The summed E-state index contributed by atoms with van der Waals surface area (Å²) in [7, 11) is 0. The van der Waals surface area contributed by atoms with E-state index in [1.54, 1.807) is 0 Å². The molecule has 0 amide bonds. The molecule has 0 saturated heterocycles. The van der Waals surface area contributed by atoms with Crippen molar-refractivity contribution in [3.8, 4) is 0 Å². The molecule has 0 fully saturated rings. The van der Waals surface area contributed by atoms with Gasteiger partial charge in [-0.3, -0.25) is 0 Å². The van der Waals surface area contributed by atoms with Crippen LogP contribution in [0.1, 0.15) is 38.7 Å². The average Bonchev–Trinajstić information content (AvgIpc) is 2.21. The molecule has 2 N–H and O–H groups in total. The normalized spacial score (nSPS) is 14.8. The summed E-state index contributed by atoms with van der Waals surface area (Å²) in [6.45, 7) is 4.51. The van der Waals surface area contributed by atoms with Gasteiger partial charge < -0.3 is 5.73 Å². The van der Waals surface area contributed by atoms with Gasteiger partial charge in [0.1, 0.15) is 0 Å². The Morgan fingerprint density at radius 1 is 1.25 bits per heavy atom. The first-order valence-electron chi connectivity index (χ1n) is 6.11. The molecule has 0 heterocycles. The van der Waals surface area contributed by atoms with Crippen molar-refractivity contribution < 1.29 is 0 Å². The van der Waals surface area contributed by atoms with Crippen molar-refractivity contribution in [1.29, 1.82) is 0 Å². The largest absolute Gasteiger partial charge is 0.327 e. The molecule has 0 bridgehead atoms. The molecule has 0 aromatic heterocycles. The second-order valence-corrected chi connectivity index (χ2v) is 5.16. The van der Waals surface area contributed by atoms with Crippen molar-refractivity contribution in [2.24, 2.45) is 11.7 Å². The van der Waals surface area contributed by atoms with Crippen molar-refractivity contribution in [2.75, 3.05) is 0 Å². The Labute approximate surface area is 104 Å². The first kappa shape index (κ1) is 13.5. The summed E-state index contributed by atoms with van der Waals surface area (Å²) >= 11 is 5.84. The van der Waals surface area contributed by atoms with Gasteiger partial charge in [0, 0.05) is 11.1 Å². The van der Waals surface area contributed by atoms with Gasteiger partial charge in [0.2, 0.25) is 0 Å². The Kier molecular flexibility index (Phi) is 5.86. The third-order valence-corrected chi connectivity index (χ3v) is 3.15. The highest BCUT2D eigenvalue weighted by atomic mass is 35.5. The maximum Gasteiger partial charge on any atom is 0.0406 e. The summed E-state index contributed by atoms with van der Waals surface area (Å²) < 4.78 is 0. The highest BCUT2D eigenvalue weighted by Crippen LogP contribution is 2.15. The lowest BCUT2D eigenvalue weighted by atomic mass is 9.94. The van der Waals surface area contributed by atoms with E-state index in [9.17, 15) is 0 Å². The van der Waals surface area contributed by atoms with Crippen LogP contribution in [0.3, 0.4) is 0 Å². The summed E-state index contributed by atoms with van der Waals surface area (Å²) in [6.07, 6.45) is 4.57. The van der Waals surface area contributed by atoms with E-state index < -0.39 is 0 Å². The molecule has 90 valence electrons. The van der Waals surface area contributed by atoms with Crippen LogP contribution >= 0.6 is 11.6 Å². The van der Waals surface area contributed by atoms with E-state index >= 15 is 0 Å². The lowest BCUT2D eigenvalue weighted by Crippen LogP contribution is -2.25. The van der Waals surface area contributed by atoms with Gasteiger partial charge >= 0.3 is 0 Å². The van der Waals surface area contributed by atoms with E-state index in [2.05, 4.69) is 26.0 Å². The Hall–Kier alpha value is -0.530.